The summed E-state index contributed by atoms with van der Waals surface area (Å²) < 4.78 is 0. The quantitative estimate of drug-likeness (QED) is 0.826. The van der Waals surface area contributed by atoms with E-state index in [1.54, 1.807) is 0 Å². The van der Waals surface area contributed by atoms with Crippen molar-refractivity contribution in [3.63, 3.8) is 0 Å². The highest BCUT2D eigenvalue weighted by Crippen LogP contribution is 2.27. The summed E-state index contributed by atoms with van der Waals surface area (Å²) in [6.07, 6.45) is 7.16. The summed E-state index contributed by atoms with van der Waals surface area (Å²) in [5.41, 5.74) is 0. The van der Waals surface area contributed by atoms with E-state index in [4.69, 9.17) is 0 Å². The number of nitrogens with one attached hydrogen (secondary N) is 2. The first-order valence-corrected chi connectivity index (χ1v) is 7.21. The molecule has 1 atom stereocenters. The first-order valence-electron chi connectivity index (χ1n) is 7.21. The molecule has 1 aliphatic carbocycles. The smallest absolute Gasteiger partial charge is 0.220 e. The zero-order chi connectivity index (χ0) is 12.1. The van der Waals surface area contributed by atoms with Crippen LogP contribution in [0.5, 0.6) is 0 Å². The second kappa shape index (κ2) is 8.00. The molecule has 2 N–H and O–H groups in total. The van der Waals surface area contributed by atoms with Crippen molar-refractivity contribution >= 4 is 18.3 Å². The zero-order valence-electron chi connectivity index (χ0n) is 11.4. The fraction of sp³-hybridized carbons (Fsp3) is 0.929. The first-order chi connectivity index (χ1) is 8.24. The molecule has 2 fully saturated rings. The molecule has 18 heavy (non-hydrogen) atoms. The topological polar surface area (TPSA) is 41.1 Å². The van der Waals surface area contributed by atoms with Gasteiger partial charge in [0.1, 0.15) is 0 Å². The largest absolute Gasteiger partial charge is 0.356 e. The zero-order valence-corrected chi connectivity index (χ0v) is 12.2. The van der Waals surface area contributed by atoms with Crippen molar-refractivity contribution in [1.82, 2.24) is 10.6 Å². The Bertz CT molecular complexity index is 246. The Kier molecular flexibility index (Phi) is 7.02. The SMILES string of the molecule is CC1CCC(CNC(=O)CC2CCNC2)CC1.Cl. The van der Waals surface area contributed by atoms with Gasteiger partial charge >= 0.3 is 0 Å². The van der Waals surface area contributed by atoms with E-state index < -0.39 is 0 Å². The van der Waals surface area contributed by atoms with E-state index in [1.807, 2.05) is 0 Å². The van der Waals surface area contributed by atoms with Crippen molar-refractivity contribution in [3.05, 3.63) is 0 Å². The van der Waals surface area contributed by atoms with E-state index in [9.17, 15) is 4.79 Å². The Morgan fingerprint density at radius 3 is 2.50 bits per heavy atom. The van der Waals surface area contributed by atoms with Gasteiger partial charge in [0, 0.05) is 13.0 Å². The van der Waals surface area contributed by atoms with Gasteiger partial charge in [0.15, 0.2) is 0 Å². The maximum Gasteiger partial charge on any atom is 0.220 e. The number of amides is 1. The lowest BCUT2D eigenvalue weighted by atomic mass is 9.83. The summed E-state index contributed by atoms with van der Waals surface area (Å²) in [4.78, 5) is 11.8. The van der Waals surface area contributed by atoms with Gasteiger partial charge < -0.3 is 10.6 Å². The average Bonchev–Trinajstić information content (AvgIpc) is 2.81. The van der Waals surface area contributed by atoms with Crippen LogP contribution < -0.4 is 10.6 Å². The molecule has 0 aromatic rings. The Morgan fingerprint density at radius 1 is 1.17 bits per heavy atom. The van der Waals surface area contributed by atoms with Gasteiger partial charge in [-0.1, -0.05) is 19.8 Å². The normalized spacial score (nSPS) is 31.7. The highest BCUT2D eigenvalue weighted by molar-refractivity contribution is 5.85. The van der Waals surface area contributed by atoms with E-state index in [1.165, 1.54) is 25.7 Å². The second-order valence-electron chi connectivity index (χ2n) is 5.99. The molecule has 0 spiro atoms. The first kappa shape index (κ1) is 15.8. The minimum absolute atomic E-state index is 0. The highest BCUT2D eigenvalue weighted by Gasteiger charge is 2.20. The van der Waals surface area contributed by atoms with E-state index in [2.05, 4.69) is 17.6 Å². The van der Waals surface area contributed by atoms with E-state index >= 15 is 0 Å². The molecule has 0 aromatic heterocycles. The number of hydrogen-bond acceptors (Lipinski definition) is 2. The Labute approximate surface area is 117 Å². The van der Waals surface area contributed by atoms with Crippen molar-refractivity contribution < 1.29 is 4.79 Å². The van der Waals surface area contributed by atoms with Crippen LogP contribution in [-0.4, -0.2) is 25.5 Å². The molecule has 1 amide bonds. The predicted molar refractivity (Wildman–Crippen MR) is 77.0 cm³/mol. The van der Waals surface area contributed by atoms with Crippen molar-refractivity contribution in [3.8, 4) is 0 Å². The lowest BCUT2D eigenvalue weighted by Gasteiger charge is -2.26. The molecular formula is C14H27ClN2O. The summed E-state index contributed by atoms with van der Waals surface area (Å²) in [6, 6.07) is 0. The van der Waals surface area contributed by atoms with E-state index in [-0.39, 0.29) is 18.3 Å². The van der Waals surface area contributed by atoms with Crippen molar-refractivity contribution in [2.75, 3.05) is 19.6 Å². The van der Waals surface area contributed by atoms with Crippen LogP contribution in [0.1, 0.15) is 45.4 Å². The van der Waals surface area contributed by atoms with Gasteiger partial charge in [-0.05, 0) is 50.1 Å². The molecule has 2 rings (SSSR count). The van der Waals surface area contributed by atoms with Gasteiger partial charge in [0.25, 0.3) is 0 Å². The Hall–Kier alpha value is -0.280. The fourth-order valence-corrected chi connectivity index (χ4v) is 3.01. The Balaban J connectivity index is 0.00000162. The number of carbonyl (C=O) groups excluding carboxylic acids is 1. The molecule has 1 saturated carbocycles. The maximum atomic E-state index is 11.8. The predicted octanol–water partition coefficient (Wildman–Crippen LogP) is 2.35. The molecule has 3 nitrogen and oxygen atoms in total. The molecule has 1 saturated heterocycles. The number of rotatable bonds is 4. The van der Waals surface area contributed by atoms with Gasteiger partial charge in [-0.2, -0.15) is 0 Å². The van der Waals surface area contributed by atoms with Gasteiger partial charge in [-0.15, -0.1) is 12.4 Å². The van der Waals surface area contributed by atoms with Crippen molar-refractivity contribution in [1.29, 1.82) is 0 Å². The summed E-state index contributed by atoms with van der Waals surface area (Å²) >= 11 is 0. The van der Waals surface area contributed by atoms with Gasteiger partial charge in [-0.25, -0.2) is 0 Å². The fourth-order valence-electron chi connectivity index (χ4n) is 3.01. The van der Waals surface area contributed by atoms with Crippen LogP contribution in [0.3, 0.4) is 0 Å². The summed E-state index contributed by atoms with van der Waals surface area (Å²) in [5.74, 6) is 2.46. The van der Waals surface area contributed by atoms with Crippen LogP contribution in [-0.2, 0) is 4.79 Å². The molecule has 2 aliphatic rings. The van der Waals surface area contributed by atoms with E-state index in [0.29, 0.717) is 5.92 Å². The van der Waals surface area contributed by atoms with Crippen LogP contribution in [0.25, 0.3) is 0 Å². The third-order valence-corrected chi connectivity index (χ3v) is 4.36. The standard InChI is InChI=1S/C14H26N2O.ClH/c1-11-2-4-12(5-3-11)10-16-14(17)8-13-6-7-15-9-13;/h11-13,15H,2-10H2,1H3,(H,16,17);1H. The maximum absolute atomic E-state index is 11.8. The minimum Gasteiger partial charge on any atom is -0.356 e. The van der Waals surface area contributed by atoms with Crippen LogP contribution in [0.15, 0.2) is 0 Å². The molecule has 1 unspecified atom stereocenters. The minimum atomic E-state index is 0. The Morgan fingerprint density at radius 2 is 1.89 bits per heavy atom. The number of halogens is 1. The van der Waals surface area contributed by atoms with Crippen LogP contribution >= 0.6 is 12.4 Å². The third-order valence-electron chi connectivity index (χ3n) is 4.36. The van der Waals surface area contributed by atoms with Crippen LogP contribution in [0.2, 0.25) is 0 Å². The summed E-state index contributed by atoms with van der Waals surface area (Å²) in [6.45, 7) is 5.35. The summed E-state index contributed by atoms with van der Waals surface area (Å²) in [5, 5.41) is 6.44. The molecule has 0 radical (unpaired) electrons. The van der Waals surface area contributed by atoms with E-state index in [0.717, 1.165) is 44.3 Å². The molecule has 1 heterocycles. The molecule has 0 aromatic carbocycles. The molecule has 106 valence electrons. The lowest BCUT2D eigenvalue weighted by Crippen LogP contribution is -2.32. The number of carbonyl (C=O) groups is 1. The molecule has 4 heteroatoms. The third kappa shape index (κ3) is 5.15. The molecule has 0 bridgehead atoms. The monoisotopic (exact) mass is 274 g/mol. The molecular weight excluding hydrogens is 248 g/mol. The lowest BCUT2D eigenvalue weighted by molar-refractivity contribution is -0.122. The van der Waals surface area contributed by atoms with Gasteiger partial charge in [0.05, 0.1) is 0 Å². The van der Waals surface area contributed by atoms with Crippen LogP contribution in [0, 0.1) is 17.8 Å². The summed E-state index contributed by atoms with van der Waals surface area (Å²) in [7, 11) is 0. The van der Waals surface area contributed by atoms with Gasteiger partial charge in [-0.3, -0.25) is 4.79 Å². The van der Waals surface area contributed by atoms with Gasteiger partial charge in [0.2, 0.25) is 5.91 Å². The highest BCUT2D eigenvalue weighted by atomic mass is 35.5. The second-order valence-corrected chi connectivity index (χ2v) is 5.99. The molecule has 1 aliphatic heterocycles. The van der Waals surface area contributed by atoms with Crippen LogP contribution in [0.4, 0.5) is 0 Å². The number of hydrogen-bond donors (Lipinski definition) is 2. The van der Waals surface area contributed by atoms with Crippen molar-refractivity contribution in [2.24, 2.45) is 17.8 Å². The average molecular weight is 275 g/mol. The van der Waals surface area contributed by atoms with Crippen molar-refractivity contribution in [2.45, 2.75) is 45.4 Å².